The van der Waals surface area contributed by atoms with Crippen LogP contribution >= 0.6 is 0 Å². The SMILES string of the molecule is CNC(=O)C(N=Nc1cc(C(C)=O)ccc1C(=O)CO)=C(C)O. The second kappa shape index (κ2) is 7.95. The Labute approximate surface area is 132 Å². The summed E-state index contributed by atoms with van der Waals surface area (Å²) in [5.74, 6) is -1.87. The van der Waals surface area contributed by atoms with E-state index in [1.807, 2.05) is 0 Å². The van der Waals surface area contributed by atoms with Gasteiger partial charge < -0.3 is 15.5 Å². The molecule has 0 aliphatic rings. The molecule has 8 heteroatoms. The molecule has 0 atom stereocenters. The Hall–Kier alpha value is -2.87. The van der Waals surface area contributed by atoms with Crippen LogP contribution in [0.2, 0.25) is 0 Å². The minimum absolute atomic E-state index is 0.0133. The first-order valence-electron chi connectivity index (χ1n) is 6.64. The maximum Gasteiger partial charge on any atom is 0.275 e. The maximum atomic E-state index is 11.7. The zero-order valence-corrected chi connectivity index (χ0v) is 13.0. The smallest absolute Gasteiger partial charge is 0.275 e. The van der Waals surface area contributed by atoms with Gasteiger partial charge in [0.25, 0.3) is 5.91 Å². The molecule has 1 amide bonds. The average molecular weight is 319 g/mol. The summed E-state index contributed by atoms with van der Waals surface area (Å²) in [5, 5.41) is 28.1. The molecular weight excluding hydrogens is 302 g/mol. The van der Waals surface area contributed by atoms with Gasteiger partial charge >= 0.3 is 0 Å². The molecule has 0 heterocycles. The van der Waals surface area contributed by atoms with Crippen molar-refractivity contribution in [2.75, 3.05) is 13.7 Å². The number of hydrogen-bond donors (Lipinski definition) is 3. The minimum atomic E-state index is -0.737. The van der Waals surface area contributed by atoms with Crippen molar-refractivity contribution in [3.63, 3.8) is 0 Å². The Bertz CT molecular complexity index is 703. The third kappa shape index (κ3) is 4.55. The fourth-order valence-electron chi connectivity index (χ4n) is 1.66. The third-order valence-electron chi connectivity index (χ3n) is 2.89. The quantitative estimate of drug-likeness (QED) is 0.318. The Balaban J connectivity index is 3.39. The van der Waals surface area contributed by atoms with Crippen LogP contribution in [0.5, 0.6) is 0 Å². The number of rotatable bonds is 6. The number of nitrogens with one attached hydrogen (secondary N) is 1. The highest BCUT2D eigenvalue weighted by Gasteiger charge is 2.15. The number of Topliss-reactive ketones (excluding diaryl/α,β-unsaturated/α-hetero) is 2. The van der Waals surface area contributed by atoms with E-state index in [0.717, 1.165) is 0 Å². The molecule has 0 aromatic heterocycles. The molecule has 0 aliphatic heterocycles. The van der Waals surface area contributed by atoms with Crippen molar-refractivity contribution in [1.82, 2.24) is 5.32 Å². The first-order chi connectivity index (χ1) is 10.8. The average Bonchev–Trinajstić information content (AvgIpc) is 2.53. The molecular formula is C15H17N3O5. The van der Waals surface area contributed by atoms with E-state index in [9.17, 15) is 19.5 Å². The molecule has 0 spiro atoms. The van der Waals surface area contributed by atoms with Gasteiger partial charge in [0.2, 0.25) is 0 Å². The van der Waals surface area contributed by atoms with Crippen molar-refractivity contribution in [2.24, 2.45) is 10.2 Å². The highest BCUT2D eigenvalue weighted by Crippen LogP contribution is 2.23. The lowest BCUT2D eigenvalue weighted by Crippen LogP contribution is -2.20. The number of aliphatic hydroxyl groups is 2. The summed E-state index contributed by atoms with van der Waals surface area (Å²) in [6, 6.07) is 4.10. The van der Waals surface area contributed by atoms with Gasteiger partial charge in [-0.25, -0.2) is 0 Å². The second-order valence-corrected chi connectivity index (χ2v) is 4.58. The van der Waals surface area contributed by atoms with E-state index in [4.69, 9.17) is 5.11 Å². The van der Waals surface area contributed by atoms with Crippen LogP contribution < -0.4 is 5.32 Å². The topological polar surface area (TPSA) is 128 Å². The van der Waals surface area contributed by atoms with Crippen molar-refractivity contribution in [3.05, 3.63) is 40.8 Å². The Kier molecular flexibility index (Phi) is 6.28. The van der Waals surface area contributed by atoms with Gasteiger partial charge in [-0.15, -0.1) is 10.2 Å². The van der Waals surface area contributed by atoms with Crippen molar-refractivity contribution in [1.29, 1.82) is 0 Å². The molecule has 0 aliphatic carbocycles. The number of nitrogens with zero attached hydrogens (tertiary/aromatic N) is 2. The molecule has 23 heavy (non-hydrogen) atoms. The molecule has 0 unspecified atom stereocenters. The maximum absolute atomic E-state index is 11.7. The van der Waals surface area contributed by atoms with E-state index in [0.29, 0.717) is 5.56 Å². The fraction of sp³-hybridized carbons (Fsp3) is 0.267. The lowest BCUT2D eigenvalue weighted by Gasteiger charge is -2.05. The molecule has 122 valence electrons. The summed E-state index contributed by atoms with van der Waals surface area (Å²) in [7, 11) is 1.36. The summed E-state index contributed by atoms with van der Waals surface area (Å²) in [5.41, 5.74) is 0.0234. The van der Waals surface area contributed by atoms with Gasteiger partial charge in [-0.05, 0) is 26.0 Å². The number of ketones is 2. The normalized spacial score (nSPS) is 12.0. The Morgan fingerprint density at radius 3 is 2.35 bits per heavy atom. The molecule has 0 radical (unpaired) electrons. The zero-order valence-electron chi connectivity index (χ0n) is 13.0. The van der Waals surface area contributed by atoms with Crippen molar-refractivity contribution >= 4 is 23.2 Å². The van der Waals surface area contributed by atoms with Crippen LogP contribution in [0.1, 0.15) is 34.6 Å². The van der Waals surface area contributed by atoms with Gasteiger partial charge in [0.05, 0.1) is 5.69 Å². The highest BCUT2D eigenvalue weighted by molar-refractivity contribution is 6.03. The van der Waals surface area contributed by atoms with Gasteiger partial charge in [0.1, 0.15) is 12.4 Å². The third-order valence-corrected chi connectivity index (χ3v) is 2.89. The number of benzene rings is 1. The Morgan fingerprint density at radius 1 is 1.22 bits per heavy atom. The fourth-order valence-corrected chi connectivity index (χ4v) is 1.66. The summed E-state index contributed by atoms with van der Waals surface area (Å²) in [4.78, 5) is 34.7. The number of amides is 1. The van der Waals surface area contributed by atoms with Crippen LogP contribution in [0.3, 0.4) is 0 Å². The van der Waals surface area contributed by atoms with E-state index in [1.54, 1.807) is 0 Å². The molecule has 0 saturated carbocycles. The number of aliphatic hydroxyl groups excluding tert-OH is 2. The summed E-state index contributed by atoms with van der Waals surface area (Å²) >= 11 is 0. The lowest BCUT2D eigenvalue weighted by atomic mass is 10.0. The molecule has 1 rings (SSSR count). The summed E-state index contributed by atoms with van der Waals surface area (Å²) < 4.78 is 0. The van der Waals surface area contributed by atoms with Crippen LogP contribution in [-0.4, -0.2) is 41.3 Å². The molecule has 8 nitrogen and oxygen atoms in total. The second-order valence-electron chi connectivity index (χ2n) is 4.58. The van der Waals surface area contributed by atoms with Crippen LogP contribution in [0.15, 0.2) is 39.9 Å². The largest absolute Gasteiger partial charge is 0.510 e. The van der Waals surface area contributed by atoms with E-state index in [-0.39, 0.29) is 28.5 Å². The van der Waals surface area contributed by atoms with Gasteiger partial charge in [-0.3, -0.25) is 14.4 Å². The first kappa shape index (κ1) is 18.2. The molecule has 1 aromatic rings. The highest BCUT2D eigenvalue weighted by atomic mass is 16.3. The molecule has 0 saturated heterocycles. The lowest BCUT2D eigenvalue weighted by molar-refractivity contribution is -0.117. The van der Waals surface area contributed by atoms with Gasteiger partial charge in [0, 0.05) is 18.2 Å². The molecule has 0 fully saturated rings. The van der Waals surface area contributed by atoms with E-state index < -0.39 is 18.3 Å². The van der Waals surface area contributed by atoms with Crippen molar-refractivity contribution in [3.8, 4) is 0 Å². The monoisotopic (exact) mass is 319 g/mol. The van der Waals surface area contributed by atoms with Crippen LogP contribution in [-0.2, 0) is 4.79 Å². The zero-order chi connectivity index (χ0) is 17.6. The van der Waals surface area contributed by atoms with Gasteiger partial charge in [-0.1, -0.05) is 6.07 Å². The molecule has 3 N–H and O–H groups in total. The van der Waals surface area contributed by atoms with Crippen LogP contribution in [0.4, 0.5) is 5.69 Å². The number of carbonyl (C=O) groups excluding carboxylic acids is 3. The Morgan fingerprint density at radius 2 is 1.87 bits per heavy atom. The number of allylic oxidation sites excluding steroid dienone is 1. The summed E-state index contributed by atoms with van der Waals surface area (Å²) in [6.45, 7) is 1.87. The van der Waals surface area contributed by atoms with Crippen molar-refractivity contribution < 1.29 is 24.6 Å². The van der Waals surface area contributed by atoms with E-state index >= 15 is 0 Å². The van der Waals surface area contributed by atoms with Crippen LogP contribution in [0, 0.1) is 0 Å². The number of likely N-dealkylation sites (N-methyl/N-ethyl adjacent to an activating group) is 1. The molecule has 1 aromatic carbocycles. The standard InChI is InChI=1S/C15H17N3O5/c1-8(20)10-4-5-11(13(22)7-19)12(6-10)17-18-14(9(2)21)15(23)16-3/h4-6,19,21H,7H2,1-3H3,(H,16,23). The minimum Gasteiger partial charge on any atom is -0.510 e. The number of azo groups is 1. The van der Waals surface area contributed by atoms with Crippen molar-refractivity contribution in [2.45, 2.75) is 13.8 Å². The predicted molar refractivity (Wildman–Crippen MR) is 81.8 cm³/mol. The summed E-state index contributed by atoms with van der Waals surface area (Å²) in [6.07, 6.45) is 0. The van der Waals surface area contributed by atoms with E-state index in [2.05, 4.69) is 15.5 Å². The number of hydrogen-bond acceptors (Lipinski definition) is 7. The molecule has 0 bridgehead atoms. The number of carbonyl (C=O) groups is 3. The van der Waals surface area contributed by atoms with Crippen LogP contribution in [0.25, 0.3) is 0 Å². The van der Waals surface area contributed by atoms with Gasteiger partial charge in [-0.2, -0.15) is 0 Å². The van der Waals surface area contributed by atoms with Gasteiger partial charge in [0.15, 0.2) is 17.3 Å². The first-order valence-corrected chi connectivity index (χ1v) is 6.64. The van der Waals surface area contributed by atoms with E-state index in [1.165, 1.54) is 39.1 Å². The predicted octanol–water partition coefficient (Wildman–Crippen LogP) is 1.68.